The number of hydrogen-bond donors (Lipinski definition) is 1. The third-order valence-corrected chi connectivity index (χ3v) is 5.27. The number of nitrogens with zero attached hydrogens (tertiary/aromatic N) is 1. The zero-order chi connectivity index (χ0) is 24.5. The Labute approximate surface area is 203 Å². The number of benzene rings is 3. The molecule has 0 saturated carbocycles. The van der Waals surface area contributed by atoms with Crippen LogP contribution in [0.2, 0.25) is 5.02 Å². The number of rotatable bonds is 9. The van der Waals surface area contributed by atoms with Crippen LogP contribution in [0.4, 0.5) is 4.39 Å². The summed E-state index contributed by atoms with van der Waals surface area (Å²) in [6.45, 7) is 3.94. The Bertz CT molecular complexity index is 1220. The predicted molar refractivity (Wildman–Crippen MR) is 130 cm³/mol. The van der Waals surface area contributed by atoms with Gasteiger partial charge in [0.05, 0.1) is 17.7 Å². The van der Waals surface area contributed by atoms with Crippen molar-refractivity contribution in [2.24, 2.45) is 0 Å². The Hall–Kier alpha value is -3.82. The highest BCUT2D eigenvalue weighted by molar-refractivity contribution is 6.32. The van der Waals surface area contributed by atoms with E-state index in [-0.39, 0.29) is 34.8 Å². The molecule has 0 bridgehead atoms. The van der Waals surface area contributed by atoms with Crippen molar-refractivity contribution in [1.82, 2.24) is 5.32 Å². The van der Waals surface area contributed by atoms with Crippen LogP contribution >= 0.6 is 11.6 Å². The van der Waals surface area contributed by atoms with Gasteiger partial charge in [0, 0.05) is 5.56 Å². The summed E-state index contributed by atoms with van der Waals surface area (Å²) >= 11 is 6.44. The molecule has 34 heavy (non-hydrogen) atoms. The number of nitrogens with one attached hydrogen (secondary N) is 1. The maximum Gasteiger partial charge on any atom is 0.262 e. The lowest BCUT2D eigenvalue weighted by Crippen LogP contribution is -2.27. The third kappa shape index (κ3) is 6.37. The zero-order valence-electron chi connectivity index (χ0n) is 18.8. The van der Waals surface area contributed by atoms with Crippen molar-refractivity contribution in [2.45, 2.75) is 26.5 Å². The van der Waals surface area contributed by atoms with Crippen molar-refractivity contribution in [3.8, 4) is 17.6 Å². The fraction of sp³-hybridized carbons (Fsp3) is 0.185. The van der Waals surface area contributed by atoms with Gasteiger partial charge in [-0.05, 0) is 49.2 Å². The number of halogens is 2. The second-order valence-corrected chi connectivity index (χ2v) is 7.83. The van der Waals surface area contributed by atoms with E-state index in [9.17, 15) is 14.4 Å². The van der Waals surface area contributed by atoms with Crippen LogP contribution in [0.5, 0.6) is 11.5 Å². The topological polar surface area (TPSA) is 71.3 Å². The van der Waals surface area contributed by atoms with Gasteiger partial charge in [-0.1, -0.05) is 60.1 Å². The fourth-order valence-electron chi connectivity index (χ4n) is 3.25. The van der Waals surface area contributed by atoms with E-state index in [1.807, 2.05) is 43.3 Å². The number of amides is 1. The lowest BCUT2D eigenvalue weighted by molar-refractivity contribution is -0.117. The maximum atomic E-state index is 13.9. The Balaban J connectivity index is 1.83. The van der Waals surface area contributed by atoms with Gasteiger partial charge in [0.25, 0.3) is 5.91 Å². The lowest BCUT2D eigenvalue weighted by atomic mass is 10.1. The van der Waals surface area contributed by atoms with Crippen molar-refractivity contribution >= 4 is 23.6 Å². The number of carbonyl (C=O) groups is 1. The number of nitriles is 1. The first kappa shape index (κ1) is 24.8. The van der Waals surface area contributed by atoms with Crippen LogP contribution in [0.1, 0.15) is 36.6 Å². The number of hydrogen-bond acceptors (Lipinski definition) is 4. The molecular weight excluding hydrogens is 455 g/mol. The summed E-state index contributed by atoms with van der Waals surface area (Å²) < 4.78 is 25.4. The second kappa shape index (κ2) is 11.9. The summed E-state index contributed by atoms with van der Waals surface area (Å²) in [5, 5.41) is 12.6. The van der Waals surface area contributed by atoms with Crippen molar-refractivity contribution in [2.75, 3.05) is 6.61 Å². The molecule has 0 radical (unpaired) electrons. The van der Waals surface area contributed by atoms with E-state index in [2.05, 4.69) is 5.32 Å². The van der Waals surface area contributed by atoms with E-state index >= 15 is 0 Å². The van der Waals surface area contributed by atoms with Gasteiger partial charge in [-0.2, -0.15) is 5.26 Å². The molecule has 5 nitrogen and oxygen atoms in total. The molecule has 7 heteroatoms. The summed E-state index contributed by atoms with van der Waals surface area (Å²) in [6, 6.07) is 20.6. The Kier molecular flexibility index (Phi) is 8.66. The minimum absolute atomic E-state index is 0.0368. The van der Waals surface area contributed by atoms with Gasteiger partial charge in [-0.3, -0.25) is 4.79 Å². The van der Waals surface area contributed by atoms with Crippen LogP contribution in [0.3, 0.4) is 0 Å². The normalized spacial score (nSPS) is 11.9. The SMILES string of the molecule is CCOc1cc(/C=C(/C#N)C(=O)N[C@@H](C)c2ccccc2)cc(Cl)c1OCc1ccccc1F. The van der Waals surface area contributed by atoms with Gasteiger partial charge in [-0.25, -0.2) is 4.39 Å². The minimum Gasteiger partial charge on any atom is -0.490 e. The summed E-state index contributed by atoms with van der Waals surface area (Å²) in [5.41, 5.74) is 1.71. The third-order valence-electron chi connectivity index (χ3n) is 4.98. The number of carbonyl (C=O) groups excluding carboxylic acids is 1. The van der Waals surface area contributed by atoms with E-state index in [0.717, 1.165) is 5.56 Å². The first-order valence-corrected chi connectivity index (χ1v) is 11.1. The van der Waals surface area contributed by atoms with E-state index in [0.29, 0.717) is 23.5 Å². The molecule has 3 rings (SSSR count). The Morgan fingerprint density at radius 1 is 1.15 bits per heavy atom. The standard InChI is InChI=1S/C27H24ClFN2O3/c1-3-33-25-15-19(14-23(28)26(25)34-17-21-11-7-8-12-24(21)29)13-22(16-30)27(32)31-18(2)20-9-5-4-6-10-20/h4-15,18H,3,17H2,1-2H3,(H,31,32)/b22-13-/t18-/m0/s1. The highest BCUT2D eigenvalue weighted by Crippen LogP contribution is 2.38. The van der Waals surface area contributed by atoms with Crippen LogP contribution in [0, 0.1) is 17.1 Å². The van der Waals surface area contributed by atoms with Crippen LogP contribution < -0.4 is 14.8 Å². The van der Waals surface area contributed by atoms with Crippen LogP contribution in [-0.4, -0.2) is 12.5 Å². The molecule has 0 aliphatic carbocycles. The molecule has 0 aliphatic rings. The molecule has 0 fully saturated rings. The van der Waals surface area contributed by atoms with Crippen molar-refractivity contribution in [3.05, 3.63) is 99.8 Å². The molecule has 1 atom stereocenters. The van der Waals surface area contributed by atoms with E-state index in [1.165, 1.54) is 12.1 Å². The van der Waals surface area contributed by atoms with Crippen molar-refractivity contribution < 1.29 is 18.7 Å². The lowest BCUT2D eigenvalue weighted by Gasteiger charge is -2.15. The molecule has 0 saturated heterocycles. The van der Waals surface area contributed by atoms with E-state index in [1.54, 1.807) is 37.3 Å². The summed E-state index contributed by atoms with van der Waals surface area (Å²) in [4.78, 5) is 12.7. The van der Waals surface area contributed by atoms with Crippen molar-refractivity contribution in [3.63, 3.8) is 0 Å². The number of ether oxygens (including phenoxy) is 2. The largest absolute Gasteiger partial charge is 0.490 e. The molecule has 0 spiro atoms. The van der Waals surface area contributed by atoms with Crippen LogP contribution in [-0.2, 0) is 11.4 Å². The summed E-state index contributed by atoms with van der Waals surface area (Å²) in [5.74, 6) is -0.309. The van der Waals surface area contributed by atoms with Crippen molar-refractivity contribution in [1.29, 1.82) is 5.26 Å². The average molecular weight is 479 g/mol. The monoisotopic (exact) mass is 478 g/mol. The van der Waals surface area contributed by atoms with Gasteiger partial charge in [0.15, 0.2) is 11.5 Å². The smallest absolute Gasteiger partial charge is 0.262 e. The molecule has 0 aromatic heterocycles. The molecule has 1 N–H and O–H groups in total. The highest BCUT2D eigenvalue weighted by Gasteiger charge is 2.17. The fourth-order valence-corrected chi connectivity index (χ4v) is 3.53. The van der Waals surface area contributed by atoms with Gasteiger partial charge in [0.2, 0.25) is 0 Å². The molecule has 3 aromatic carbocycles. The highest BCUT2D eigenvalue weighted by atomic mass is 35.5. The quantitative estimate of drug-likeness (QED) is 0.292. The van der Waals surface area contributed by atoms with Gasteiger partial charge in [-0.15, -0.1) is 0 Å². The maximum absolute atomic E-state index is 13.9. The molecule has 0 heterocycles. The molecule has 1 amide bonds. The average Bonchev–Trinajstić information content (AvgIpc) is 2.83. The Morgan fingerprint density at radius 3 is 2.53 bits per heavy atom. The first-order valence-electron chi connectivity index (χ1n) is 10.7. The van der Waals surface area contributed by atoms with E-state index < -0.39 is 5.91 Å². The molecule has 0 aliphatic heterocycles. The summed E-state index contributed by atoms with van der Waals surface area (Å²) in [6.07, 6.45) is 1.43. The predicted octanol–water partition coefficient (Wildman–Crippen LogP) is 6.24. The zero-order valence-corrected chi connectivity index (χ0v) is 19.6. The second-order valence-electron chi connectivity index (χ2n) is 7.42. The van der Waals surface area contributed by atoms with Gasteiger partial charge >= 0.3 is 0 Å². The molecule has 174 valence electrons. The molecule has 0 unspecified atom stereocenters. The molecule has 3 aromatic rings. The Morgan fingerprint density at radius 2 is 1.85 bits per heavy atom. The van der Waals surface area contributed by atoms with E-state index in [4.69, 9.17) is 21.1 Å². The van der Waals surface area contributed by atoms with Crippen LogP contribution in [0.15, 0.2) is 72.3 Å². The van der Waals surface area contributed by atoms with Gasteiger partial charge in [0.1, 0.15) is 24.1 Å². The minimum atomic E-state index is -0.507. The first-order chi connectivity index (χ1) is 16.4. The molecular formula is C27H24ClFN2O3. The summed E-state index contributed by atoms with van der Waals surface area (Å²) in [7, 11) is 0. The van der Waals surface area contributed by atoms with Crippen LogP contribution in [0.25, 0.3) is 6.08 Å². The van der Waals surface area contributed by atoms with Gasteiger partial charge < -0.3 is 14.8 Å².